The molecule has 3 rings (SSSR count). The van der Waals surface area contributed by atoms with E-state index in [2.05, 4.69) is 5.32 Å². The van der Waals surface area contributed by atoms with Crippen LogP contribution in [0.15, 0.2) is 57.7 Å². The summed E-state index contributed by atoms with van der Waals surface area (Å²) >= 11 is 0. The minimum Gasteiger partial charge on any atom is -0.408 e. The number of nitrogens with two attached hydrogens (primary N) is 1. The molecule has 148 valence electrons. The van der Waals surface area contributed by atoms with Gasteiger partial charge in [-0.05, 0) is 37.9 Å². The van der Waals surface area contributed by atoms with E-state index in [0.717, 1.165) is 5.56 Å². The van der Waals surface area contributed by atoms with Gasteiger partial charge in [-0.3, -0.25) is 9.36 Å². The van der Waals surface area contributed by atoms with Gasteiger partial charge >= 0.3 is 5.76 Å². The van der Waals surface area contributed by atoms with Crippen LogP contribution in [0.4, 0.5) is 5.69 Å². The van der Waals surface area contributed by atoms with Gasteiger partial charge in [0.25, 0.3) is 0 Å². The van der Waals surface area contributed by atoms with Crippen molar-refractivity contribution in [3.8, 4) is 0 Å². The molecule has 1 aromatic heterocycles. The average molecular weight is 382 g/mol. The second kappa shape index (κ2) is 8.41. The molecule has 1 amide bonds. The number of hydrogen-bond donors (Lipinski definition) is 2. The first kappa shape index (κ1) is 19.9. The van der Waals surface area contributed by atoms with Gasteiger partial charge in [-0.25, -0.2) is 4.79 Å². The summed E-state index contributed by atoms with van der Waals surface area (Å²) in [7, 11) is 3.88. The average Bonchev–Trinajstić information content (AvgIpc) is 3.00. The largest absolute Gasteiger partial charge is 0.419 e. The van der Waals surface area contributed by atoms with E-state index >= 15 is 0 Å². The minimum absolute atomic E-state index is 0.179. The van der Waals surface area contributed by atoms with Crippen LogP contribution in [0.1, 0.15) is 18.5 Å². The first-order chi connectivity index (χ1) is 13.4. The fourth-order valence-corrected chi connectivity index (χ4v) is 3.03. The third-order valence-corrected chi connectivity index (χ3v) is 4.84. The third-order valence-electron chi connectivity index (χ3n) is 4.84. The van der Waals surface area contributed by atoms with E-state index in [1.807, 2.05) is 49.3 Å². The molecule has 0 saturated carbocycles. The summed E-state index contributed by atoms with van der Waals surface area (Å²) in [6.07, 6.45) is 0. The molecular formula is C21H26N4O3. The van der Waals surface area contributed by atoms with Crippen molar-refractivity contribution in [1.82, 2.24) is 9.47 Å². The lowest BCUT2D eigenvalue weighted by Gasteiger charge is -2.20. The zero-order valence-corrected chi connectivity index (χ0v) is 16.4. The molecule has 0 aliphatic rings. The van der Waals surface area contributed by atoms with E-state index in [-0.39, 0.29) is 5.91 Å². The maximum atomic E-state index is 12.7. The molecule has 0 bridgehead atoms. The highest BCUT2D eigenvalue weighted by molar-refractivity contribution is 5.94. The number of aromatic nitrogens is 1. The predicted molar refractivity (Wildman–Crippen MR) is 110 cm³/mol. The van der Waals surface area contributed by atoms with Gasteiger partial charge in [0.2, 0.25) is 5.91 Å². The lowest BCUT2D eigenvalue weighted by molar-refractivity contribution is -0.120. The number of benzene rings is 2. The smallest absolute Gasteiger partial charge is 0.408 e. The van der Waals surface area contributed by atoms with Crippen molar-refractivity contribution >= 4 is 22.7 Å². The van der Waals surface area contributed by atoms with Crippen molar-refractivity contribution in [3.05, 3.63) is 64.6 Å². The number of hydrogen-bond acceptors (Lipinski definition) is 5. The Morgan fingerprint density at radius 2 is 1.93 bits per heavy atom. The van der Waals surface area contributed by atoms with Crippen LogP contribution in [-0.4, -0.2) is 36.0 Å². The van der Waals surface area contributed by atoms with Crippen LogP contribution in [0.2, 0.25) is 0 Å². The summed E-state index contributed by atoms with van der Waals surface area (Å²) in [4.78, 5) is 26.8. The molecule has 7 heteroatoms. The Balaban J connectivity index is 1.79. The van der Waals surface area contributed by atoms with Crippen molar-refractivity contribution < 1.29 is 9.21 Å². The molecule has 0 aliphatic heterocycles. The van der Waals surface area contributed by atoms with E-state index in [4.69, 9.17) is 10.2 Å². The van der Waals surface area contributed by atoms with Crippen LogP contribution in [0.5, 0.6) is 0 Å². The molecule has 0 saturated heterocycles. The Morgan fingerprint density at radius 3 is 2.61 bits per heavy atom. The van der Waals surface area contributed by atoms with Gasteiger partial charge < -0.3 is 20.4 Å². The first-order valence-electron chi connectivity index (χ1n) is 9.26. The van der Waals surface area contributed by atoms with Gasteiger partial charge in [0.1, 0.15) is 0 Å². The summed E-state index contributed by atoms with van der Waals surface area (Å²) < 4.78 is 6.86. The quantitative estimate of drug-likeness (QED) is 0.655. The summed E-state index contributed by atoms with van der Waals surface area (Å²) in [6.45, 7) is 3.01. The molecule has 2 aromatic carbocycles. The molecule has 2 atom stereocenters. The van der Waals surface area contributed by atoms with Gasteiger partial charge in [0.15, 0.2) is 5.58 Å². The van der Waals surface area contributed by atoms with Crippen molar-refractivity contribution in [2.45, 2.75) is 19.5 Å². The van der Waals surface area contributed by atoms with E-state index in [1.165, 1.54) is 0 Å². The molecule has 3 aromatic rings. The number of amides is 1. The SMILES string of the molecule is CC(C(=O)Nc1ccc2oc(=O)n(CCN(C)C)c2c1)C(N)c1ccccc1. The van der Waals surface area contributed by atoms with Gasteiger partial charge in [-0.15, -0.1) is 0 Å². The lowest BCUT2D eigenvalue weighted by atomic mass is 9.94. The number of fused-ring (bicyclic) bond motifs is 1. The van der Waals surface area contributed by atoms with E-state index < -0.39 is 17.7 Å². The highest BCUT2D eigenvalue weighted by atomic mass is 16.4. The molecule has 0 aliphatic carbocycles. The van der Waals surface area contributed by atoms with E-state index in [1.54, 1.807) is 29.7 Å². The summed E-state index contributed by atoms with van der Waals surface area (Å²) in [6, 6.07) is 14.3. The summed E-state index contributed by atoms with van der Waals surface area (Å²) in [5.41, 5.74) is 8.92. The van der Waals surface area contributed by atoms with Crippen LogP contribution in [0.3, 0.4) is 0 Å². The topological polar surface area (TPSA) is 93.5 Å². The fourth-order valence-electron chi connectivity index (χ4n) is 3.03. The summed E-state index contributed by atoms with van der Waals surface area (Å²) in [5, 5.41) is 2.90. The number of oxazole rings is 1. The Morgan fingerprint density at radius 1 is 1.21 bits per heavy atom. The number of carbonyl (C=O) groups excluding carboxylic acids is 1. The van der Waals surface area contributed by atoms with Crippen molar-refractivity contribution in [2.24, 2.45) is 11.7 Å². The molecule has 2 unspecified atom stereocenters. The molecule has 0 fully saturated rings. The zero-order valence-electron chi connectivity index (χ0n) is 16.4. The van der Waals surface area contributed by atoms with Crippen LogP contribution >= 0.6 is 0 Å². The Kier molecular flexibility index (Phi) is 5.96. The van der Waals surface area contributed by atoms with Crippen molar-refractivity contribution in [3.63, 3.8) is 0 Å². The van der Waals surface area contributed by atoms with Crippen LogP contribution in [0, 0.1) is 5.92 Å². The molecule has 28 heavy (non-hydrogen) atoms. The minimum atomic E-state index is -0.418. The molecule has 3 N–H and O–H groups in total. The maximum Gasteiger partial charge on any atom is 0.419 e. The van der Waals surface area contributed by atoms with E-state index in [0.29, 0.717) is 29.9 Å². The number of carbonyl (C=O) groups is 1. The standard InChI is InChI=1S/C21H26N4O3/c1-14(19(22)15-7-5-4-6-8-15)20(26)23-16-9-10-18-17(13-16)25(21(27)28-18)12-11-24(2)3/h4-10,13-14,19H,11-12,22H2,1-3H3,(H,23,26). The number of anilines is 1. The highest BCUT2D eigenvalue weighted by Gasteiger charge is 2.22. The van der Waals surface area contributed by atoms with Gasteiger partial charge in [-0.2, -0.15) is 0 Å². The number of nitrogens with zero attached hydrogens (tertiary/aromatic N) is 2. The number of likely N-dealkylation sites (N-methyl/N-ethyl adjacent to an activating group) is 1. The molecule has 7 nitrogen and oxygen atoms in total. The predicted octanol–water partition coefficient (Wildman–Crippen LogP) is 2.43. The molecular weight excluding hydrogens is 356 g/mol. The van der Waals surface area contributed by atoms with Crippen molar-refractivity contribution in [1.29, 1.82) is 0 Å². The van der Waals surface area contributed by atoms with Crippen LogP contribution < -0.4 is 16.8 Å². The second-order valence-electron chi connectivity index (χ2n) is 7.22. The molecule has 0 radical (unpaired) electrons. The van der Waals surface area contributed by atoms with Crippen LogP contribution in [-0.2, 0) is 11.3 Å². The van der Waals surface area contributed by atoms with Crippen molar-refractivity contribution in [2.75, 3.05) is 26.0 Å². The number of nitrogens with one attached hydrogen (secondary N) is 1. The molecule has 1 heterocycles. The summed E-state index contributed by atoms with van der Waals surface area (Å²) in [5.74, 6) is -1.00. The maximum absolute atomic E-state index is 12.7. The zero-order chi connectivity index (χ0) is 20.3. The lowest BCUT2D eigenvalue weighted by Crippen LogP contribution is -2.30. The van der Waals surface area contributed by atoms with Gasteiger partial charge in [0.05, 0.1) is 11.4 Å². The molecule has 0 spiro atoms. The fraction of sp³-hybridized carbons (Fsp3) is 0.333. The van der Waals surface area contributed by atoms with E-state index in [9.17, 15) is 9.59 Å². The Labute approximate surface area is 163 Å². The normalized spacial score (nSPS) is 13.6. The van der Waals surface area contributed by atoms with Crippen LogP contribution in [0.25, 0.3) is 11.1 Å². The first-order valence-corrected chi connectivity index (χ1v) is 9.26. The van der Waals surface area contributed by atoms with Gasteiger partial charge in [0, 0.05) is 24.8 Å². The highest BCUT2D eigenvalue weighted by Crippen LogP contribution is 2.23. The Hall–Kier alpha value is -2.90. The number of rotatable bonds is 7. The third kappa shape index (κ3) is 4.32. The second-order valence-corrected chi connectivity index (χ2v) is 7.22. The monoisotopic (exact) mass is 382 g/mol. The van der Waals surface area contributed by atoms with Gasteiger partial charge in [-0.1, -0.05) is 37.3 Å². The Bertz CT molecular complexity index is 1010.